The lowest BCUT2D eigenvalue weighted by Gasteiger charge is -2.10. The molecule has 14 heavy (non-hydrogen) atoms. The molecule has 3 N–H and O–H groups in total. The zero-order chi connectivity index (χ0) is 10.6. The molecule has 5 heteroatoms. The molecule has 0 spiro atoms. The van der Waals surface area contributed by atoms with Crippen molar-refractivity contribution >= 4 is 27.7 Å². The van der Waals surface area contributed by atoms with Gasteiger partial charge in [0, 0.05) is 6.07 Å². The van der Waals surface area contributed by atoms with Gasteiger partial charge in [-0.3, -0.25) is 0 Å². The van der Waals surface area contributed by atoms with Crippen molar-refractivity contribution < 1.29 is 0 Å². The Labute approximate surface area is 91.5 Å². The Balaban J connectivity index is 2.82. The van der Waals surface area contributed by atoms with Crippen LogP contribution in [0.15, 0.2) is 10.7 Å². The minimum atomic E-state index is -0.0660. The standard InChI is InChI=1S/C9H11BrN4/c1-3-6(4-2)12-9-13-7(10)5-8(11)14-9/h1,5-6H,4H2,2H3,(H3,11,12,13,14). The van der Waals surface area contributed by atoms with Gasteiger partial charge in [-0.25, -0.2) is 4.98 Å². The molecule has 0 aliphatic rings. The molecule has 0 saturated carbocycles. The number of aromatic nitrogens is 2. The number of anilines is 2. The van der Waals surface area contributed by atoms with E-state index in [9.17, 15) is 0 Å². The average Bonchev–Trinajstić information content (AvgIpc) is 2.12. The Bertz CT molecular complexity index is 338. The van der Waals surface area contributed by atoms with E-state index in [1.165, 1.54) is 0 Å². The molecule has 0 aliphatic heterocycles. The number of hydrogen-bond donors (Lipinski definition) is 2. The van der Waals surface area contributed by atoms with Crippen molar-refractivity contribution in [2.45, 2.75) is 19.4 Å². The van der Waals surface area contributed by atoms with Gasteiger partial charge in [0.25, 0.3) is 0 Å². The minimum Gasteiger partial charge on any atom is -0.383 e. The first kappa shape index (κ1) is 10.8. The predicted octanol–water partition coefficient (Wildman–Crippen LogP) is 1.65. The van der Waals surface area contributed by atoms with E-state index in [0.717, 1.165) is 6.42 Å². The maximum atomic E-state index is 5.55. The van der Waals surface area contributed by atoms with Gasteiger partial charge in [0.2, 0.25) is 5.95 Å². The summed E-state index contributed by atoms with van der Waals surface area (Å²) in [5.41, 5.74) is 5.55. The molecule has 0 bridgehead atoms. The highest BCUT2D eigenvalue weighted by Crippen LogP contribution is 2.13. The van der Waals surface area contributed by atoms with Crippen molar-refractivity contribution in [3.63, 3.8) is 0 Å². The van der Waals surface area contributed by atoms with Crippen LogP contribution in [0.1, 0.15) is 13.3 Å². The highest BCUT2D eigenvalue weighted by molar-refractivity contribution is 9.10. The third-order valence-electron chi connectivity index (χ3n) is 1.63. The Kier molecular flexibility index (Phi) is 3.72. The van der Waals surface area contributed by atoms with Crippen molar-refractivity contribution in [3.05, 3.63) is 10.7 Å². The first-order valence-corrected chi connectivity index (χ1v) is 4.97. The molecule has 1 aromatic heterocycles. The SMILES string of the molecule is C#CC(CC)Nc1nc(N)cc(Br)n1. The van der Waals surface area contributed by atoms with Gasteiger partial charge < -0.3 is 11.1 Å². The third kappa shape index (κ3) is 2.89. The first-order chi connectivity index (χ1) is 6.65. The second-order valence-corrected chi connectivity index (χ2v) is 3.52. The number of halogens is 1. The molecule has 0 radical (unpaired) electrons. The Morgan fingerprint density at radius 3 is 2.93 bits per heavy atom. The molecule has 1 unspecified atom stereocenters. The molecular formula is C9H11BrN4. The normalized spacial score (nSPS) is 11.8. The topological polar surface area (TPSA) is 63.8 Å². The van der Waals surface area contributed by atoms with Gasteiger partial charge in [0.15, 0.2) is 0 Å². The van der Waals surface area contributed by atoms with Crippen molar-refractivity contribution in [1.29, 1.82) is 0 Å². The van der Waals surface area contributed by atoms with Crippen LogP contribution in [-0.2, 0) is 0 Å². The smallest absolute Gasteiger partial charge is 0.226 e. The van der Waals surface area contributed by atoms with Gasteiger partial charge in [-0.2, -0.15) is 4.98 Å². The fourth-order valence-corrected chi connectivity index (χ4v) is 1.32. The summed E-state index contributed by atoms with van der Waals surface area (Å²) in [5, 5.41) is 2.99. The van der Waals surface area contributed by atoms with E-state index < -0.39 is 0 Å². The van der Waals surface area contributed by atoms with Gasteiger partial charge in [-0.1, -0.05) is 12.8 Å². The fourth-order valence-electron chi connectivity index (χ4n) is 0.917. The summed E-state index contributed by atoms with van der Waals surface area (Å²) in [5.74, 6) is 3.44. The van der Waals surface area contributed by atoms with E-state index in [0.29, 0.717) is 16.4 Å². The molecule has 1 rings (SSSR count). The van der Waals surface area contributed by atoms with Crippen LogP contribution in [0.2, 0.25) is 0 Å². The Hall–Kier alpha value is -1.28. The van der Waals surface area contributed by atoms with Gasteiger partial charge in [-0.05, 0) is 22.4 Å². The molecule has 1 atom stereocenters. The van der Waals surface area contributed by atoms with E-state index in [-0.39, 0.29) is 6.04 Å². The largest absolute Gasteiger partial charge is 0.383 e. The van der Waals surface area contributed by atoms with Crippen molar-refractivity contribution in [1.82, 2.24) is 9.97 Å². The third-order valence-corrected chi connectivity index (χ3v) is 2.03. The summed E-state index contributed by atoms with van der Waals surface area (Å²) in [6.07, 6.45) is 6.11. The molecule has 4 nitrogen and oxygen atoms in total. The summed E-state index contributed by atoms with van der Waals surface area (Å²) in [4.78, 5) is 8.09. The maximum Gasteiger partial charge on any atom is 0.226 e. The van der Waals surface area contributed by atoms with Gasteiger partial charge in [0.1, 0.15) is 10.4 Å². The zero-order valence-corrected chi connectivity index (χ0v) is 9.37. The summed E-state index contributed by atoms with van der Waals surface area (Å²) in [7, 11) is 0. The molecule has 1 aromatic rings. The summed E-state index contributed by atoms with van der Waals surface area (Å²) < 4.78 is 0.638. The van der Waals surface area contributed by atoms with E-state index >= 15 is 0 Å². The second kappa shape index (κ2) is 4.82. The number of terminal acetylenes is 1. The van der Waals surface area contributed by atoms with Gasteiger partial charge >= 0.3 is 0 Å². The van der Waals surface area contributed by atoms with E-state index in [1.54, 1.807) is 6.07 Å². The summed E-state index contributed by atoms with van der Waals surface area (Å²) in [6, 6.07) is 1.56. The maximum absolute atomic E-state index is 5.55. The number of hydrogen-bond acceptors (Lipinski definition) is 4. The van der Waals surface area contributed by atoms with Gasteiger partial charge in [0.05, 0.1) is 6.04 Å². The molecule has 0 saturated heterocycles. The molecule has 74 valence electrons. The highest BCUT2D eigenvalue weighted by Gasteiger charge is 2.05. The molecule has 0 aliphatic carbocycles. The minimum absolute atomic E-state index is 0.0660. The molecular weight excluding hydrogens is 244 g/mol. The number of nitrogens with one attached hydrogen (secondary N) is 1. The Morgan fingerprint density at radius 2 is 2.43 bits per heavy atom. The zero-order valence-electron chi connectivity index (χ0n) is 7.79. The van der Waals surface area contributed by atoms with Crippen LogP contribution in [0.5, 0.6) is 0 Å². The predicted molar refractivity (Wildman–Crippen MR) is 60.7 cm³/mol. The van der Waals surface area contributed by atoms with Gasteiger partial charge in [-0.15, -0.1) is 6.42 Å². The van der Waals surface area contributed by atoms with Crippen molar-refractivity contribution in [2.24, 2.45) is 0 Å². The second-order valence-electron chi connectivity index (χ2n) is 2.71. The molecule has 0 aromatic carbocycles. The lowest BCUT2D eigenvalue weighted by Crippen LogP contribution is -2.18. The number of rotatable bonds is 3. The van der Waals surface area contributed by atoms with Crippen LogP contribution in [0.25, 0.3) is 0 Å². The lowest BCUT2D eigenvalue weighted by atomic mass is 10.2. The van der Waals surface area contributed by atoms with Crippen molar-refractivity contribution in [2.75, 3.05) is 11.1 Å². The van der Waals surface area contributed by atoms with Crippen LogP contribution in [0, 0.1) is 12.3 Å². The van der Waals surface area contributed by atoms with Crippen LogP contribution < -0.4 is 11.1 Å². The Morgan fingerprint density at radius 1 is 1.71 bits per heavy atom. The van der Waals surface area contributed by atoms with E-state index in [4.69, 9.17) is 12.2 Å². The van der Waals surface area contributed by atoms with Crippen LogP contribution in [-0.4, -0.2) is 16.0 Å². The van der Waals surface area contributed by atoms with E-state index in [2.05, 4.69) is 37.1 Å². The van der Waals surface area contributed by atoms with E-state index in [1.807, 2.05) is 6.92 Å². The summed E-state index contributed by atoms with van der Waals surface area (Å²) in [6.45, 7) is 1.98. The first-order valence-electron chi connectivity index (χ1n) is 4.18. The van der Waals surface area contributed by atoms with Crippen LogP contribution in [0.3, 0.4) is 0 Å². The lowest BCUT2D eigenvalue weighted by molar-refractivity contribution is 0.840. The van der Waals surface area contributed by atoms with Crippen LogP contribution in [0.4, 0.5) is 11.8 Å². The summed E-state index contributed by atoms with van der Waals surface area (Å²) >= 11 is 3.22. The number of nitrogen functional groups attached to an aromatic ring is 1. The van der Waals surface area contributed by atoms with Crippen molar-refractivity contribution in [3.8, 4) is 12.3 Å². The monoisotopic (exact) mass is 254 g/mol. The fraction of sp³-hybridized carbons (Fsp3) is 0.333. The highest BCUT2D eigenvalue weighted by atomic mass is 79.9. The molecule has 0 fully saturated rings. The quantitative estimate of drug-likeness (QED) is 0.636. The number of nitrogens with two attached hydrogens (primary N) is 1. The molecule has 1 heterocycles. The average molecular weight is 255 g/mol. The van der Waals surface area contributed by atoms with Crippen LogP contribution >= 0.6 is 15.9 Å². The molecule has 0 amide bonds. The number of nitrogens with zero attached hydrogens (tertiary/aromatic N) is 2.